The van der Waals surface area contributed by atoms with E-state index in [9.17, 15) is 4.79 Å². The van der Waals surface area contributed by atoms with Crippen LogP contribution >= 0.6 is 11.6 Å². The van der Waals surface area contributed by atoms with E-state index < -0.39 is 0 Å². The molecule has 1 heterocycles. The van der Waals surface area contributed by atoms with Gasteiger partial charge in [0.2, 0.25) is 5.91 Å². The summed E-state index contributed by atoms with van der Waals surface area (Å²) in [6.45, 7) is 7.61. The summed E-state index contributed by atoms with van der Waals surface area (Å²) in [5.41, 5.74) is 1.78. The lowest BCUT2D eigenvalue weighted by atomic mass is 10.0. The van der Waals surface area contributed by atoms with Crippen molar-refractivity contribution in [2.24, 2.45) is 0 Å². The van der Waals surface area contributed by atoms with Crippen molar-refractivity contribution in [3.05, 3.63) is 28.8 Å². The van der Waals surface area contributed by atoms with Gasteiger partial charge in [0.25, 0.3) is 0 Å². The van der Waals surface area contributed by atoms with Crippen molar-refractivity contribution < 1.29 is 4.79 Å². The number of anilines is 1. The number of nitrogens with one attached hydrogen (secondary N) is 2. The Bertz CT molecular complexity index is 501. The average molecular weight is 324 g/mol. The molecule has 0 aromatic heterocycles. The van der Waals surface area contributed by atoms with E-state index in [0.29, 0.717) is 23.3 Å². The summed E-state index contributed by atoms with van der Waals surface area (Å²) in [4.78, 5) is 14.7. The van der Waals surface area contributed by atoms with E-state index in [4.69, 9.17) is 11.6 Å². The van der Waals surface area contributed by atoms with Gasteiger partial charge in [0, 0.05) is 6.04 Å². The molecule has 1 fully saturated rings. The van der Waals surface area contributed by atoms with Crippen molar-refractivity contribution in [2.45, 2.75) is 39.2 Å². The maximum atomic E-state index is 12.4. The molecule has 1 aromatic rings. The summed E-state index contributed by atoms with van der Waals surface area (Å²) >= 11 is 6.18. The highest BCUT2D eigenvalue weighted by molar-refractivity contribution is 6.33. The van der Waals surface area contributed by atoms with E-state index >= 15 is 0 Å². The van der Waals surface area contributed by atoms with Crippen LogP contribution in [0.3, 0.4) is 0 Å². The Morgan fingerprint density at radius 3 is 2.77 bits per heavy atom. The number of carbonyl (C=O) groups excluding carboxylic acids is 1. The predicted molar refractivity (Wildman–Crippen MR) is 92.6 cm³/mol. The van der Waals surface area contributed by atoms with Crippen LogP contribution in [-0.4, -0.2) is 43.0 Å². The van der Waals surface area contributed by atoms with Crippen LogP contribution in [0.5, 0.6) is 0 Å². The highest BCUT2D eigenvalue weighted by Gasteiger charge is 2.22. The molecule has 1 aliphatic heterocycles. The van der Waals surface area contributed by atoms with Crippen LogP contribution in [0.2, 0.25) is 5.02 Å². The molecule has 1 aliphatic rings. The standard InChI is InChI=1S/C17H26ClN3O/c1-3-10-21(14-6-8-19-9-7-14)12-17(22)20-16-5-4-13(2)11-15(16)18/h4-5,11,14,19H,3,6-10,12H2,1-2H3,(H,20,22). The molecule has 0 saturated carbocycles. The summed E-state index contributed by atoms with van der Waals surface area (Å²) in [5, 5.41) is 6.90. The molecule has 5 heteroatoms. The maximum Gasteiger partial charge on any atom is 0.238 e. The molecule has 1 saturated heterocycles. The Labute approximate surface area is 138 Å². The molecule has 122 valence electrons. The Morgan fingerprint density at radius 1 is 1.41 bits per heavy atom. The quantitative estimate of drug-likeness (QED) is 0.845. The average Bonchev–Trinajstić information content (AvgIpc) is 2.50. The van der Waals surface area contributed by atoms with Crippen LogP contribution in [0.15, 0.2) is 18.2 Å². The molecule has 2 rings (SSSR count). The first-order valence-electron chi connectivity index (χ1n) is 8.11. The number of rotatable bonds is 6. The third kappa shape index (κ3) is 4.97. The fourth-order valence-electron chi connectivity index (χ4n) is 2.95. The van der Waals surface area contributed by atoms with Crippen LogP contribution in [-0.2, 0) is 4.79 Å². The lowest BCUT2D eigenvalue weighted by Crippen LogP contribution is -2.46. The maximum absolute atomic E-state index is 12.4. The van der Waals surface area contributed by atoms with Gasteiger partial charge in [-0.15, -0.1) is 0 Å². The van der Waals surface area contributed by atoms with Crippen molar-refractivity contribution in [2.75, 3.05) is 31.5 Å². The van der Waals surface area contributed by atoms with Gasteiger partial charge in [-0.25, -0.2) is 0 Å². The van der Waals surface area contributed by atoms with Gasteiger partial charge >= 0.3 is 0 Å². The van der Waals surface area contributed by atoms with E-state index in [1.54, 1.807) is 0 Å². The van der Waals surface area contributed by atoms with E-state index in [0.717, 1.165) is 44.5 Å². The molecule has 1 aromatic carbocycles. The second-order valence-electron chi connectivity index (χ2n) is 5.98. The molecule has 0 spiro atoms. The normalized spacial score (nSPS) is 16.0. The molecule has 22 heavy (non-hydrogen) atoms. The van der Waals surface area contributed by atoms with Gasteiger partial charge in [0.15, 0.2) is 0 Å². The first-order chi connectivity index (χ1) is 10.6. The Hall–Kier alpha value is -1.10. The van der Waals surface area contributed by atoms with Crippen LogP contribution < -0.4 is 10.6 Å². The van der Waals surface area contributed by atoms with Gasteiger partial charge in [-0.2, -0.15) is 0 Å². The van der Waals surface area contributed by atoms with Crippen LogP contribution in [0, 0.1) is 6.92 Å². The highest BCUT2D eigenvalue weighted by atomic mass is 35.5. The summed E-state index contributed by atoms with van der Waals surface area (Å²) in [7, 11) is 0. The van der Waals surface area contributed by atoms with Crippen molar-refractivity contribution >= 4 is 23.2 Å². The van der Waals surface area contributed by atoms with Gasteiger partial charge in [-0.05, 0) is 63.5 Å². The van der Waals surface area contributed by atoms with E-state index in [1.165, 1.54) is 0 Å². The van der Waals surface area contributed by atoms with Gasteiger partial charge in [-0.1, -0.05) is 24.6 Å². The van der Waals surface area contributed by atoms with E-state index in [-0.39, 0.29) is 5.91 Å². The summed E-state index contributed by atoms with van der Waals surface area (Å²) in [5.74, 6) is 0.0118. The molecule has 4 nitrogen and oxygen atoms in total. The molecule has 0 radical (unpaired) electrons. The van der Waals surface area contributed by atoms with Crippen molar-refractivity contribution in [1.29, 1.82) is 0 Å². The summed E-state index contributed by atoms with van der Waals surface area (Å²) in [6.07, 6.45) is 3.28. The molecule has 0 bridgehead atoms. The lowest BCUT2D eigenvalue weighted by molar-refractivity contribution is -0.118. The number of benzene rings is 1. The Kier molecular flexibility index (Phi) is 6.68. The largest absolute Gasteiger partial charge is 0.324 e. The summed E-state index contributed by atoms with van der Waals surface area (Å²) < 4.78 is 0. The minimum absolute atomic E-state index is 0.0118. The highest BCUT2D eigenvalue weighted by Crippen LogP contribution is 2.22. The fraction of sp³-hybridized carbons (Fsp3) is 0.588. The first-order valence-corrected chi connectivity index (χ1v) is 8.48. The minimum atomic E-state index is 0.0118. The zero-order valence-electron chi connectivity index (χ0n) is 13.5. The Morgan fingerprint density at radius 2 is 2.14 bits per heavy atom. The summed E-state index contributed by atoms with van der Waals surface area (Å²) in [6, 6.07) is 6.19. The number of carbonyl (C=O) groups is 1. The predicted octanol–water partition coefficient (Wildman–Crippen LogP) is 3.05. The zero-order valence-corrected chi connectivity index (χ0v) is 14.2. The number of aryl methyl sites for hydroxylation is 1. The topological polar surface area (TPSA) is 44.4 Å². The van der Waals surface area contributed by atoms with Gasteiger partial charge in [0.05, 0.1) is 17.3 Å². The molecule has 1 amide bonds. The van der Waals surface area contributed by atoms with Gasteiger partial charge < -0.3 is 10.6 Å². The second-order valence-corrected chi connectivity index (χ2v) is 6.39. The molecule has 0 unspecified atom stereocenters. The van der Waals surface area contributed by atoms with Gasteiger partial charge in [0.1, 0.15) is 0 Å². The zero-order chi connectivity index (χ0) is 15.9. The molecule has 0 aliphatic carbocycles. The van der Waals surface area contributed by atoms with E-state index in [2.05, 4.69) is 22.5 Å². The van der Waals surface area contributed by atoms with Crippen molar-refractivity contribution in [1.82, 2.24) is 10.2 Å². The molecular weight excluding hydrogens is 298 g/mol. The third-order valence-corrected chi connectivity index (χ3v) is 4.39. The van der Waals surface area contributed by atoms with Crippen molar-refractivity contribution in [3.8, 4) is 0 Å². The first kappa shape index (κ1) is 17.3. The molecule has 0 atom stereocenters. The Balaban J connectivity index is 1.95. The van der Waals surface area contributed by atoms with Crippen molar-refractivity contribution in [3.63, 3.8) is 0 Å². The lowest BCUT2D eigenvalue weighted by Gasteiger charge is -2.34. The second kappa shape index (κ2) is 8.51. The number of hydrogen-bond donors (Lipinski definition) is 2. The molecule has 2 N–H and O–H groups in total. The molecular formula is C17H26ClN3O. The van der Waals surface area contributed by atoms with Crippen LogP contribution in [0.4, 0.5) is 5.69 Å². The smallest absolute Gasteiger partial charge is 0.238 e. The minimum Gasteiger partial charge on any atom is -0.324 e. The van der Waals surface area contributed by atoms with E-state index in [1.807, 2.05) is 25.1 Å². The third-order valence-electron chi connectivity index (χ3n) is 4.08. The monoisotopic (exact) mass is 323 g/mol. The van der Waals surface area contributed by atoms with Crippen LogP contribution in [0.25, 0.3) is 0 Å². The fourth-order valence-corrected chi connectivity index (χ4v) is 3.23. The number of nitrogens with zero attached hydrogens (tertiary/aromatic N) is 1. The number of amides is 1. The van der Waals surface area contributed by atoms with Crippen LogP contribution in [0.1, 0.15) is 31.7 Å². The number of hydrogen-bond acceptors (Lipinski definition) is 3. The number of halogens is 1. The SMILES string of the molecule is CCCN(CC(=O)Nc1ccc(C)cc1Cl)C1CCNCC1. The number of piperidine rings is 1. The van der Waals surface area contributed by atoms with Gasteiger partial charge in [-0.3, -0.25) is 9.69 Å².